The smallest absolute Gasteiger partial charge is 0.469 e. The lowest BCUT2D eigenvalue weighted by Crippen LogP contribution is -2.21. The molecular weight excluding hydrogens is 267 g/mol. The second-order valence-corrected chi connectivity index (χ2v) is 3.48. The number of alkyl halides is 3. The Balaban J connectivity index is 3.25. The second-order valence-electron chi connectivity index (χ2n) is 3.48. The van der Waals surface area contributed by atoms with Crippen LogP contribution in [0.25, 0.3) is 0 Å². The Labute approximate surface area is 106 Å². The van der Waals surface area contributed by atoms with Gasteiger partial charge in [0.1, 0.15) is 11.6 Å². The lowest BCUT2D eigenvalue weighted by Gasteiger charge is -2.15. The van der Waals surface area contributed by atoms with Crippen LogP contribution >= 0.6 is 0 Å². The van der Waals surface area contributed by atoms with Crippen molar-refractivity contribution < 1.29 is 27.4 Å². The molecule has 0 bridgehead atoms. The van der Waals surface area contributed by atoms with Crippen molar-refractivity contribution in [3.63, 3.8) is 0 Å². The maximum Gasteiger partial charge on any atom is 0.573 e. The van der Waals surface area contributed by atoms with Gasteiger partial charge in [0.15, 0.2) is 0 Å². The summed E-state index contributed by atoms with van der Waals surface area (Å²) in [5.74, 6) is -1.53. The van der Waals surface area contributed by atoms with E-state index in [1.54, 1.807) is 0 Å². The Morgan fingerprint density at radius 2 is 2.11 bits per heavy atom. The molecule has 0 fully saturated rings. The summed E-state index contributed by atoms with van der Waals surface area (Å²) in [6, 6.07) is 0.880. The number of nitrogen functional groups attached to an aromatic ring is 1. The van der Waals surface area contributed by atoms with Crippen molar-refractivity contribution in [3.05, 3.63) is 17.3 Å². The van der Waals surface area contributed by atoms with Crippen molar-refractivity contribution in [2.45, 2.75) is 19.3 Å². The van der Waals surface area contributed by atoms with Crippen molar-refractivity contribution in [2.24, 2.45) is 5.73 Å². The molecule has 1 rings (SSSR count). The van der Waals surface area contributed by atoms with Crippen LogP contribution in [0.5, 0.6) is 5.75 Å². The van der Waals surface area contributed by atoms with Gasteiger partial charge in [0.25, 0.3) is 0 Å². The van der Waals surface area contributed by atoms with E-state index in [2.05, 4.69) is 14.5 Å². The first-order valence-corrected chi connectivity index (χ1v) is 5.07. The van der Waals surface area contributed by atoms with Crippen LogP contribution < -0.4 is 16.2 Å². The number of anilines is 1. The normalized spacial score (nSPS) is 11.2. The fraction of sp³-hybridized carbons (Fsp3) is 0.400. The molecule has 19 heavy (non-hydrogen) atoms. The quantitative estimate of drug-likeness (QED) is 0.788. The summed E-state index contributed by atoms with van der Waals surface area (Å²) < 4.78 is 45.0. The first kappa shape index (κ1) is 15.0. The molecule has 0 radical (unpaired) electrons. The molecule has 4 N–H and O–H groups in total. The zero-order chi connectivity index (χ0) is 14.6. The zero-order valence-corrected chi connectivity index (χ0v) is 9.95. The van der Waals surface area contributed by atoms with E-state index >= 15 is 0 Å². The number of hydrogen-bond acceptors (Lipinski definition) is 6. The number of aromatic nitrogens is 1. The average molecular weight is 279 g/mol. The van der Waals surface area contributed by atoms with Crippen molar-refractivity contribution in [1.29, 1.82) is 0 Å². The number of hydrogen-bond donors (Lipinski definition) is 2. The van der Waals surface area contributed by atoms with Gasteiger partial charge < -0.3 is 20.9 Å². The Morgan fingerprint density at radius 3 is 2.58 bits per heavy atom. The Hall–Kier alpha value is -2.03. The number of nitrogens with two attached hydrogens (primary N) is 2. The summed E-state index contributed by atoms with van der Waals surface area (Å²) in [7, 11) is 1.11. The van der Waals surface area contributed by atoms with Crippen LogP contribution in [-0.2, 0) is 22.5 Å². The van der Waals surface area contributed by atoms with Crippen LogP contribution in [-0.4, -0.2) is 24.4 Å². The van der Waals surface area contributed by atoms with Gasteiger partial charge in [-0.15, -0.1) is 13.2 Å². The van der Waals surface area contributed by atoms with Crippen LogP contribution in [0, 0.1) is 0 Å². The molecule has 0 saturated heterocycles. The minimum absolute atomic E-state index is 0.0460. The summed E-state index contributed by atoms with van der Waals surface area (Å²) in [4.78, 5) is 15.0. The number of nitrogens with zero attached hydrogens (tertiary/aromatic N) is 1. The van der Waals surface area contributed by atoms with Crippen molar-refractivity contribution >= 4 is 11.8 Å². The fourth-order valence-corrected chi connectivity index (χ4v) is 1.41. The molecule has 0 aliphatic rings. The van der Waals surface area contributed by atoms with Crippen LogP contribution in [0.2, 0.25) is 0 Å². The maximum atomic E-state index is 12.3. The topological polar surface area (TPSA) is 100 Å². The van der Waals surface area contributed by atoms with Crippen LogP contribution in [0.1, 0.15) is 11.3 Å². The minimum Gasteiger partial charge on any atom is -0.469 e. The Bertz CT molecular complexity index is 477. The van der Waals surface area contributed by atoms with E-state index in [-0.39, 0.29) is 23.6 Å². The molecule has 9 heteroatoms. The van der Waals surface area contributed by atoms with E-state index in [1.165, 1.54) is 0 Å². The maximum absolute atomic E-state index is 12.3. The highest BCUT2D eigenvalue weighted by Gasteiger charge is 2.33. The number of pyridine rings is 1. The van der Waals surface area contributed by atoms with Crippen molar-refractivity contribution in [3.8, 4) is 5.75 Å². The van der Waals surface area contributed by atoms with Crippen LogP contribution in [0.3, 0.4) is 0 Å². The highest BCUT2D eigenvalue weighted by Crippen LogP contribution is 2.30. The first-order valence-electron chi connectivity index (χ1n) is 5.07. The van der Waals surface area contributed by atoms with Gasteiger partial charge in [-0.1, -0.05) is 0 Å². The largest absolute Gasteiger partial charge is 0.573 e. The number of carbonyl (C=O) groups excluding carboxylic acids is 1. The van der Waals surface area contributed by atoms with Gasteiger partial charge in [0.2, 0.25) is 0 Å². The molecule has 6 nitrogen and oxygen atoms in total. The Kier molecular flexibility index (Phi) is 4.54. The number of ether oxygens (including phenoxy) is 2. The van der Waals surface area contributed by atoms with Gasteiger partial charge in [0, 0.05) is 18.2 Å². The molecule has 0 amide bonds. The van der Waals surface area contributed by atoms with E-state index < -0.39 is 24.5 Å². The van der Waals surface area contributed by atoms with Crippen LogP contribution in [0.15, 0.2) is 6.07 Å². The lowest BCUT2D eigenvalue weighted by atomic mass is 10.1. The zero-order valence-electron chi connectivity index (χ0n) is 9.95. The predicted molar refractivity (Wildman–Crippen MR) is 58.9 cm³/mol. The second kappa shape index (κ2) is 5.74. The highest BCUT2D eigenvalue weighted by atomic mass is 19.4. The molecule has 0 saturated carbocycles. The number of methoxy groups -OCH3 is 1. The van der Waals surface area contributed by atoms with E-state index in [0.717, 1.165) is 13.2 Å². The minimum atomic E-state index is -4.91. The van der Waals surface area contributed by atoms with E-state index in [1.807, 2.05) is 0 Å². The fourth-order valence-electron chi connectivity index (χ4n) is 1.41. The average Bonchev–Trinajstić information content (AvgIpc) is 2.29. The van der Waals surface area contributed by atoms with Crippen LogP contribution in [0.4, 0.5) is 19.0 Å². The highest BCUT2D eigenvalue weighted by molar-refractivity contribution is 5.74. The monoisotopic (exact) mass is 279 g/mol. The van der Waals surface area contributed by atoms with Crippen molar-refractivity contribution in [1.82, 2.24) is 4.98 Å². The molecule has 0 spiro atoms. The van der Waals surface area contributed by atoms with E-state index in [9.17, 15) is 18.0 Å². The molecule has 1 aromatic rings. The van der Waals surface area contributed by atoms with E-state index in [4.69, 9.17) is 11.5 Å². The first-order chi connectivity index (χ1) is 8.76. The number of rotatable bonds is 4. The molecule has 0 aromatic carbocycles. The summed E-state index contributed by atoms with van der Waals surface area (Å²) in [5, 5.41) is 0. The SMILES string of the molecule is COC(=O)Cc1c(OC(F)(F)F)cc(N)nc1CN. The standard InChI is InChI=1S/C10H12F3N3O3/c1-18-9(17)2-5-6(4-14)16-8(15)3-7(5)19-10(11,12)13/h3H,2,4,14H2,1H3,(H2,15,16). The molecule has 0 aliphatic heterocycles. The number of carbonyl (C=O) groups is 1. The molecule has 0 atom stereocenters. The molecule has 1 aromatic heterocycles. The number of esters is 1. The van der Waals surface area contributed by atoms with E-state index in [0.29, 0.717) is 0 Å². The van der Waals surface area contributed by atoms with Gasteiger partial charge in [-0.2, -0.15) is 0 Å². The van der Waals surface area contributed by atoms with Gasteiger partial charge in [0.05, 0.1) is 19.2 Å². The summed E-state index contributed by atoms with van der Waals surface area (Å²) >= 11 is 0. The molecule has 106 valence electrons. The Morgan fingerprint density at radius 1 is 1.47 bits per heavy atom. The molecular formula is C10H12F3N3O3. The molecule has 0 unspecified atom stereocenters. The number of halogens is 3. The summed E-state index contributed by atoms with van der Waals surface area (Å²) in [6.45, 7) is -0.189. The lowest BCUT2D eigenvalue weighted by molar-refractivity contribution is -0.274. The van der Waals surface area contributed by atoms with Crippen molar-refractivity contribution in [2.75, 3.05) is 12.8 Å². The third-order valence-corrected chi connectivity index (χ3v) is 2.16. The van der Waals surface area contributed by atoms with Gasteiger partial charge >= 0.3 is 12.3 Å². The van der Waals surface area contributed by atoms with Gasteiger partial charge in [-0.05, 0) is 0 Å². The summed E-state index contributed by atoms with van der Waals surface area (Å²) in [5.41, 5.74) is 10.7. The van der Waals surface area contributed by atoms with Gasteiger partial charge in [-0.25, -0.2) is 4.98 Å². The predicted octanol–water partition coefficient (Wildman–Crippen LogP) is 0.737. The third-order valence-electron chi connectivity index (χ3n) is 2.16. The molecule has 1 heterocycles. The molecule has 0 aliphatic carbocycles. The summed E-state index contributed by atoms with van der Waals surface area (Å²) in [6.07, 6.45) is -5.35. The third kappa shape index (κ3) is 4.28. The van der Waals surface area contributed by atoms with Gasteiger partial charge in [-0.3, -0.25) is 4.79 Å².